The quantitative estimate of drug-likeness (QED) is 0.718. The summed E-state index contributed by atoms with van der Waals surface area (Å²) in [4.78, 5) is 11.2. The van der Waals surface area contributed by atoms with Gasteiger partial charge in [-0.25, -0.2) is 0 Å². The van der Waals surface area contributed by atoms with E-state index in [0.717, 1.165) is 36.1 Å². The number of aldehydes is 1. The molecule has 1 aliphatic carbocycles. The molecule has 1 fully saturated rings. The number of fused-ring (bicyclic) bond motifs is 1. The number of carbonyl (C=O) groups excluding carboxylic acids is 1. The van der Waals surface area contributed by atoms with Crippen LogP contribution in [0, 0.1) is 0 Å². The highest BCUT2D eigenvalue weighted by Gasteiger charge is 2.26. The third kappa shape index (κ3) is 1.48. The highest BCUT2D eigenvalue weighted by molar-refractivity contribution is 5.75. The largest absolute Gasteiger partial charge is 0.370 e. The molecule has 0 atom stereocenters. The van der Waals surface area contributed by atoms with Crippen molar-refractivity contribution in [1.29, 1.82) is 0 Å². The standard InChI is InChI=1S/C12H16N2O2/c15-6-12-10-7-16-8-11(10)13-14(12)9-4-2-1-3-5-9/h6,9H,1-5,7-8H2. The molecule has 2 heterocycles. The van der Waals surface area contributed by atoms with E-state index < -0.39 is 0 Å². The summed E-state index contributed by atoms with van der Waals surface area (Å²) < 4.78 is 7.26. The Hall–Kier alpha value is -1.16. The van der Waals surface area contributed by atoms with Crippen molar-refractivity contribution in [2.75, 3.05) is 0 Å². The maximum Gasteiger partial charge on any atom is 0.168 e. The van der Waals surface area contributed by atoms with E-state index in [4.69, 9.17) is 4.74 Å². The van der Waals surface area contributed by atoms with Gasteiger partial charge in [0.05, 0.1) is 24.9 Å². The van der Waals surface area contributed by atoms with E-state index in [2.05, 4.69) is 5.10 Å². The first kappa shape index (κ1) is 10.0. The van der Waals surface area contributed by atoms with Crippen molar-refractivity contribution in [2.45, 2.75) is 51.4 Å². The Morgan fingerprint density at radius 1 is 1.25 bits per heavy atom. The van der Waals surface area contributed by atoms with Crippen molar-refractivity contribution in [3.05, 3.63) is 17.0 Å². The lowest BCUT2D eigenvalue weighted by Gasteiger charge is -2.23. The van der Waals surface area contributed by atoms with Crippen LogP contribution in [-0.4, -0.2) is 16.1 Å². The molecule has 4 nitrogen and oxygen atoms in total. The van der Waals surface area contributed by atoms with Crippen LogP contribution < -0.4 is 0 Å². The predicted molar refractivity (Wildman–Crippen MR) is 58.2 cm³/mol. The smallest absolute Gasteiger partial charge is 0.168 e. The molecule has 0 saturated heterocycles. The number of nitrogens with zero attached hydrogens (tertiary/aromatic N) is 2. The lowest BCUT2D eigenvalue weighted by molar-refractivity contribution is 0.109. The summed E-state index contributed by atoms with van der Waals surface area (Å²) in [6.45, 7) is 1.12. The number of hydrogen-bond acceptors (Lipinski definition) is 3. The molecule has 0 N–H and O–H groups in total. The summed E-state index contributed by atoms with van der Waals surface area (Å²) in [5, 5.41) is 4.55. The lowest BCUT2D eigenvalue weighted by atomic mass is 9.95. The van der Waals surface area contributed by atoms with Crippen LogP contribution in [0.5, 0.6) is 0 Å². The van der Waals surface area contributed by atoms with E-state index in [1.807, 2.05) is 4.68 Å². The van der Waals surface area contributed by atoms with Crippen molar-refractivity contribution < 1.29 is 9.53 Å². The molecule has 1 aliphatic heterocycles. The number of ether oxygens (including phenoxy) is 1. The minimum atomic E-state index is 0.430. The van der Waals surface area contributed by atoms with E-state index in [0.29, 0.717) is 19.3 Å². The van der Waals surface area contributed by atoms with Crippen LogP contribution in [0.15, 0.2) is 0 Å². The molecule has 2 aliphatic rings. The molecule has 0 aromatic carbocycles. The maximum atomic E-state index is 11.2. The Kier molecular flexibility index (Phi) is 2.52. The molecule has 1 saturated carbocycles. The van der Waals surface area contributed by atoms with Crippen LogP contribution in [0.1, 0.15) is 59.9 Å². The van der Waals surface area contributed by atoms with Gasteiger partial charge in [0, 0.05) is 5.56 Å². The summed E-state index contributed by atoms with van der Waals surface area (Å²) in [6.07, 6.45) is 7.07. The molecule has 4 heteroatoms. The fourth-order valence-corrected chi connectivity index (χ4v) is 2.78. The lowest BCUT2D eigenvalue weighted by Crippen LogP contribution is -2.17. The first-order valence-electron chi connectivity index (χ1n) is 6.03. The summed E-state index contributed by atoms with van der Waals surface area (Å²) in [6, 6.07) is 0.430. The molecule has 3 rings (SSSR count). The van der Waals surface area contributed by atoms with Gasteiger partial charge in [-0.2, -0.15) is 5.10 Å². The van der Waals surface area contributed by atoms with Crippen LogP contribution >= 0.6 is 0 Å². The van der Waals surface area contributed by atoms with Gasteiger partial charge in [-0.1, -0.05) is 19.3 Å². The second-order valence-electron chi connectivity index (χ2n) is 4.66. The van der Waals surface area contributed by atoms with Gasteiger partial charge in [-0.15, -0.1) is 0 Å². The van der Waals surface area contributed by atoms with Crippen molar-refractivity contribution in [1.82, 2.24) is 9.78 Å². The molecule has 0 amide bonds. The number of hydrogen-bond donors (Lipinski definition) is 0. The predicted octanol–water partition coefficient (Wildman–Crippen LogP) is 2.23. The number of rotatable bonds is 2. The third-order valence-electron chi connectivity index (χ3n) is 3.65. The molecule has 0 bridgehead atoms. The topological polar surface area (TPSA) is 44.1 Å². The normalized spacial score (nSPS) is 21.0. The van der Waals surface area contributed by atoms with Gasteiger partial charge in [0.15, 0.2) is 6.29 Å². The Morgan fingerprint density at radius 2 is 2.06 bits per heavy atom. The minimum absolute atomic E-state index is 0.430. The Bertz CT molecular complexity index is 405. The highest BCUT2D eigenvalue weighted by Crippen LogP contribution is 2.31. The van der Waals surface area contributed by atoms with Crippen molar-refractivity contribution >= 4 is 6.29 Å². The summed E-state index contributed by atoms with van der Waals surface area (Å²) >= 11 is 0. The van der Waals surface area contributed by atoms with Gasteiger partial charge in [0.1, 0.15) is 5.69 Å². The third-order valence-corrected chi connectivity index (χ3v) is 3.65. The van der Waals surface area contributed by atoms with Crippen molar-refractivity contribution in [3.8, 4) is 0 Å². The van der Waals surface area contributed by atoms with Crippen LogP contribution in [0.2, 0.25) is 0 Å². The van der Waals surface area contributed by atoms with E-state index in [1.54, 1.807) is 0 Å². The first-order valence-corrected chi connectivity index (χ1v) is 6.03. The highest BCUT2D eigenvalue weighted by atomic mass is 16.5. The first-order chi connectivity index (χ1) is 7.90. The van der Waals surface area contributed by atoms with Crippen molar-refractivity contribution in [3.63, 3.8) is 0 Å². The molecule has 1 aromatic heterocycles. The van der Waals surface area contributed by atoms with E-state index in [-0.39, 0.29) is 0 Å². The number of aromatic nitrogens is 2. The van der Waals surface area contributed by atoms with Crippen LogP contribution in [-0.2, 0) is 18.0 Å². The van der Waals surface area contributed by atoms with Crippen LogP contribution in [0.3, 0.4) is 0 Å². The molecule has 0 unspecified atom stereocenters. The fourth-order valence-electron chi connectivity index (χ4n) is 2.78. The van der Waals surface area contributed by atoms with Gasteiger partial charge in [-0.3, -0.25) is 9.48 Å². The minimum Gasteiger partial charge on any atom is -0.370 e. The van der Waals surface area contributed by atoms with Gasteiger partial charge < -0.3 is 4.74 Å². The molecule has 86 valence electrons. The Labute approximate surface area is 94.6 Å². The van der Waals surface area contributed by atoms with Gasteiger partial charge >= 0.3 is 0 Å². The van der Waals surface area contributed by atoms with Crippen molar-refractivity contribution in [2.24, 2.45) is 0 Å². The number of carbonyl (C=O) groups is 1. The van der Waals surface area contributed by atoms with Crippen LogP contribution in [0.4, 0.5) is 0 Å². The summed E-state index contributed by atoms with van der Waals surface area (Å²) in [7, 11) is 0. The maximum absolute atomic E-state index is 11.2. The molecular weight excluding hydrogens is 204 g/mol. The summed E-state index contributed by atoms with van der Waals surface area (Å²) in [5.41, 5.74) is 2.73. The molecular formula is C12H16N2O2. The monoisotopic (exact) mass is 220 g/mol. The fraction of sp³-hybridized carbons (Fsp3) is 0.667. The average Bonchev–Trinajstić information content (AvgIpc) is 2.89. The second kappa shape index (κ2) is 4.01. The van der Waals surface area contributed by atoms with Crippen LogP contribution in [0.25, 0.3) is 0 Å². The zero-order valence-electron chi connectivity index (χ0n) is 9.32. The van der Waals surface area contributed by atoms with Gasteiger partial charge in [-0.05, 0) is 12.8 Å². The zero-order valence-corrected chi connectivity index (χ0v) is 9.32. The van der Waals surface area contributed by atoms with Gasteiger partial charge in [0.2, 0.25) is 0 Å². The van der Waals surface area contributed by atoms with Gasteiger partial charge in [0.25, 0.3) is 0 Å². The molecule has 0 radical (unpaired) electrons. The molecule has 16 heavy (non-hydrogen) atoms. The van der Waals surface area contributed by atoms with E-state index >= 15 is 0 Å². The second-order valence-corrected chi connectivity index (χ2v) is 4.66. The molecule has 0 spiro atoms. The zero-order chi connectivity index (χ0) is 11.0. The Balaban J connectivity index is 1.96. The average molecular weight is 220 g/mol. The van der Waals surface area contributed by atoms with E-state index in [1.165, 1.54) is 19.3 Å². The summed E-state index contributed by atoms with van der Waals surface area (Å²) in [5.74, 6) is 0. The molecule has 1 aromatic rings. The van der Waals surface area contributed by atoms with E-state index in [9.17, 15) is 4.79 Å². The SMILES string of the molecule is O=Cc1c2c(nn1C1CCCCC1)COC2. The Morgan fingerprint density at radius 3 is 2.81 bits per heavy atom.